The number of rotatable bonds is 3. The number of nitrogens with zero attached hydrogens (tertiary/aromatic N) is 1. The molecule has 2 rings (SSSR count). The second-order valence-corrected chi connectivity index (χ2v) is 3.30. The van der Waals surface area contributed by atoms with Crippen LogP contribution >= 0.6 is 12.4 Å². The van der Waals surface area contributed by atoms with Crippen LogP contribution < -0.4 is 5.73 Å². The third-order valence-electron chi connectivity index (χ3n) is 2.27. The van der Waals surface area contributed by atoms with Gasteiger partial charge in [-0.05, 0) is 42.8 Å². The van der Waals surface area contributed by atoms with E-state index in [-0.39, 0.29) is 12.4 Å². The molecule has 80 valence electrons. The zero-order valence-electron chi connectivity index (χ0n) is 8.47. The van der Waals surface area contributed by atoms with Gasteiger partial charge < -0.3 is 10.3 Å². The Labute approximate surface area is 96.1 Å². The minimum absolute atomic E-state index is 0. The molecule has 0 fully saturated rings. The van der Waals surface area contributed by atoms with Crippen molar-refractivity contribution in [2.75, 3.05) is 6.54 Å². The molecule has 0 spiro atoms. The Hall–Kier alpha value is -1.25. The van der Waals surface area contributed by atoms with Crippen molar-refractivity contribution >= 4 is 12.4 Å². The summed E-state index contributed by atoms with van der Waals surface area (Å²) in [6.07, 6.45) is 5.03. The van der Waals surface area contributed by atoms with E-state index in [0.29, 0.717) is 6.54 Å². The molecular formula is C12H15ClN2. The third-order valence-corrected chi connectivity index (χ3v) is 2.27. The third kappa shape index (κ3) is 2.85. The molecule has 2 nitrogen and oxygen atoms in total. The quantitative estimate of drug-likeness (QED) is 0.850. The van der Waals surface area contributed by atoms with Gasteiger partial charge in [0, 0.05) is 18.1 Å². The average molecular weight is 223 g/mol. The Bertz CT molecular complexity index is 379. The zero-order chi connectivity index (χ0) is 9.80. The van der Waals surface area contributed by atoms with E-state index in [1.807, 2.05) is 24.5 Å². The van der Waals surface area contributed by atoms with E-state index in [9.17, 15) is 0 Å². The molecule has 0 amide bonds. The summed E-state index contributed by atoms with van der Waals surface area (Å²) in [5.41, 5.74) is 7.97. The second-order valence-electron chi connectivity index (χ2n) is 3.30. The Morgan fingerprint density at radius 2 is 1.60 bits per heavy atom. The van der Waals surface area contributed by atoms with Crippen LogP contribution in [0.4, 0.5) is 0 Å². The van der Waals surface area contributed by atoms with Gasteiger partial charge in [0.1, 0.15) is 0 Å². The molecule has 3 heteroatoms. The molecule has 1 heterocycles. The molecule has 0 saturated heterocycles. The van der Waals surface area contributed by atoms with Crippen molar-refractivity contribution in [2.45, 2.75) is 6.42 Å². The van der Waals surface area contributed by atoms with E-state index in [4.69, 9.17) is 5.73 Å². The molecule has 0 unspecified atom stereocenters. The molecule has 1 aromatic heterocycles. The number of aromatic nitrogens is 1. The molecule has 0 atom stereocenters. The summed E-state index contributed by atoms with van der Waals surface area (Å²) in [4.78, 5) is 0. The first-order valence-corrected chi connectivity index (χ1v) is 4.82. The van der Waals surface area contributed by atoms with Gasteiger partial charge in [-0.25, -0.2) is 0 Å². The van der Waals surface area contributed by atoms with Gasteiger partial charge in [-0.15, -0.1) is 12.4 Å². The fourth-order valence-corrected chi connectivity index (χ4v) is 1.51. The highest BCUT2D eigenvalue weighted by molar-refractivity contribution is 5.85. The second kappa shape index (κ2) is 5.59. The lowest BCUT2D eigenvalue weighted by Gasteiger charge is -2.04. The van der Waals surface area contributed by atoms with Gasteiger partial charge in [0.2, 0.25) is 0 Å². The smallest absolute Gasteiger partial charge is 0.0449 e. The summed E-state index contributed by atoms with van der Waals surface area (Å²) in [6, 6.07) is 12.5. The van der Waals surface area contributed by atoms with E-state index in [2.05, 4.69) is 28.8 Å². The summed E-state index contributed by atoms with van der Waals surface area (Å²) in [5.74, 6) is 0. The van der Waals surface area contributed by atoms with Crippen LogP contribution in [0.25, 0.3) is 5.69 Å². The van der Waals surface area contributed by atoms with Crippen molar-refractivity contribution in [3.05, 3.63) is 54.4 Å². The van der Waals surface area contributed by atoms with Crippen molar-refractivity contribution in [2.24, 2.45) is 5.73 Å². The van der Waals surface area contributed by atoms with E-state index in [1.54, 1.807) is 0 Å². The van der Waals surface area contributed by atoms with Gasteiger partial charge in [0.05, 0.1) is 0 Å². The van der Waals surface area contributed by atoms with Crippen molar-refractivity contribution in [1.82, 2.24) is 4.57 Å². The van der Waals surface area contributed by atoms with Gasteiger partial charge in [-0.1, -0.05) is 12.1 Å². The molecule has 15 heavy (non-hydrogen) atoms. The molecule has 0 aliphatic rings. The van der Waals surface area contributed by atoms with Crippen LogP contribution in [0, 0.1) is 0 Å². The van der Waals surface area contributed by atoms with Gasteiger partial charge in [0.15, 0.2) is 0 Å². The Morgan fingerprint density at radius 1 is 1.00 bits per heavy atom. The van der Waals surface area contributed by atoms with Gasteiger partial charge in [-0.3, -0.25) is 0 Å². The molecule has 0 saturated carbocycles. The molecule has 0 aliphatic heterocycles. The summed E-state index contributed by atoms with van der Waals surface area (Å²) < 4.78 is 2.09. The SMILES string of the molecule is Cl.NCCc1ccc(-n2cccc2)cc1. The highest BCUT2D eigenvalue weighted by Crippen LogP contribution is 2.09. The molecule has 0 bridgehead atoms. The van der Waals surface area contributed by atoms with Crippen LogP contribution in [0.1, 0.15) is 5.56 Å². The summed E-state index contributed by atoms with van der Waals surface area (Å²) >= 11 is 0. The Morgan fingerprint density at radius 3 is 2.13 bits per heavy atom. The van der Waals surface area contributed by atoms with Crippen LogP contribution in [0.3, 0.4) is 0 Å². The number of halogens is 1. The van der Waals surface area contributed by atoms with Crippen molar-refractivity contribution in [3.63, 3.8) is 0 Å². The minimum atomic E-state index is 0. The normalized spacial score (nSPS) is 9.67. The molecule has 0 aliphatic carbocycles. The van der Waals surface area contributed by atoms with Gasteiger partial charge >= 0.3 is 0 Å². The highest BCUT2D eigenvalue weighted by Gasteiger charge is 1.94. The van der Waals surface area contributed by atoms with E-state index >= 15 is 0 Å². The molecule has 1 aromatic carbocycles. The predicted molar refractivity (Wildman–Crippen MR) is 65.8 cm³/mol. The van der Waals surface area contributed by atoms with Crippen LogP contribution in [0.2, 0.25) is 0 Å². The minimum Gasteiger partial charge on any atom is -0.330 e. The van der Waals surface area contributed by atoms with Crippen LogP contribution in [-0.2, 0) is 6.42 Å². The van der Waals surface area contributed by atoms with E-state index < -0.39 is 0 Å². The van der Waals surface area contributed by atoms with Crippen molar-refractivity contribution in [3.8, 4) is 5.69 Å². The summed E-state index contributed by atoms with van der Waals surface area (Å²) in [6.45, 7) is 0.711. The zero-order valence-corrected chi connectivity index (χ0v) is 9.28. The largest absolute Gasteiger partial charge is 0.330 e. The first-order valence-electron chi connectivity index (χ1n) is 4.82. The number of nitrogens with two attached hydrogens (primary N) is 1. The maximum absolute atomic E-state index is 5.49. The maximum atomic E-state index is 5.49. The topological polar surface area (TPSA) is 30.9 Å². The lowest BCUT2D eigenvalue weighted by atomic mass is 10.1. The lowest BCUT2D eigenvalue weighted by molar-refractivity contribution is 0.965. The first kappa shape index (κ1) is 11.8. The van der Waals surface area contributed by atoms with Crippen LogP contribution in [0.15, 0.2) is 48.8 Å². The first-order chi connectivity index (χ1) is 6.90. The lowest BCUT2D eigenvalue weighted by Crippen LogP contribution is -2.02. The average Bonchev–Trinajstić information content (AvgIpc) is 2.72. The fourth-order valence-electron chi connectivity index (χ4n) is 1.51. The highest BCUT2D eigenvalue weighted by atomic mass is 35.5. The van der Waals surface area contributed by atoms with Gasteiger partial charge in [0.25, 0.3) is 0 Å². The summed E-state index contributed by atoms with van der Waals surface area (Å²) in [7, 11) is 0. The van der Waals surface area contributed by atoms with Crippen LogP contribution in [0.5, 0.6) is 0 Å². The number of hydrogen-bond acceptors (Lipinski definition) is 1. The maximum Gasteiger partial charge on any atom is 0.0449 e. The van der Waals surface area contributed by atoms with Crippen molar-refractivity contribution < 1.29 is 0 Å². The van der Waals surface area contributed by atoms with Crippen molar-refractivity contribution in [1.29, 1.82) is 0 Å². The van der Waals surface area contributed by atoms with E-state index in [1.165, 1.54) is 11.3 Å². The molecule has 2 N–H and O–H groups in total. The number of benzene rings is 1. The monoisotopic (exact) mass is 222 g/mol. The standard InChI is InChI=1S/C12H14N2.ClH/c13-8-7-11-3-5-12(6-4-11)14-9-1-2-10-14;/h1-6,9-10H,7-8,13H2;1H. The summed E-state index contributed by atoms with van der Waals surface area (Å²) in [5, 5.41) is 0. The Kier molecular flexibility index (Phi) is 4.40. The van der Waals surface area contributed by atoms with E-state index in [0.717, 1.165) is 6.42 Å². The molecule has 0 radical (unpaired) electrons. The number of hydrogen-bond donors (Lipinski definition) is 1. The fraction of sp³-hybridized carbons (Fsp3) is 0.167. The predicted octanol–water partition coefficient (Wildman–Crippen LogP) is 2.40. The molecular weight excluding hydrogens is 208 g/mol. The molecule has 2 aromatic rings. The van der Waals surface area contributed by atoms with Crippen LogP contribution in [-0.4, -0.2) is 11.1 Å². The van der Waals surface area contributed by atoms with Gasteiger partial charge in [-0.2, -0.15) is 0 Å². The Balaban J connectivity index is 0.00000112.